The van der Waals surface area contributed by atoms with Crippen molar-refractivity contribution in [3.63, 3.8) is 0 Å². The van der Waals surface area contributed by atoms with E-state index >= 15 is 0 Å². The molecule has 0 aliphatic rings. The van der Waals surface area contributed by atoms with Gasteiger partial charge in [-0.2, -0.15) is 0 Å². The lowest BCUT2D eigenvalue weighted by atomic mass is 10.1. The Morgan fingerprint density at radius 1 is 1.19 bits per heavy atom. The Hall–Kier alpha value is -2.01. The molecule has 0 bridgehead atoms. The molecule has 0 aliphatic carbocycles. The highest BCUT2D eigenvalue weighted by atomic mass is 127. The van der Waals surface area contributed by atoms with Gasteiger partial charge in [0.05, 0.1) is 18.3 Å². The van der Waals surface area contributed by atoms with Crippen molar-refractivity contribution < 1.29 is 23.0 Å². The number of aliphatic imine (C=N–C) groups is 1. The average Bonchev–Trinajstić information content (AvgIpc) is 2.54. The first kappa shape index (κ1) is 22.0. The van der Waals surface area contributed by atoms with Crippen molar-refractivity contribution >= 4 is 35.6 Å². The molecule has 1 atom stereocenters. The van der Waals surface area contributed by atoms with E-state index in [0.29, 0.717) is 5.56 Å². The summed E-state index contributed by atoms with van der Waals surface area (Å²) in [6.45, 7) is 1.89. The average molecular weight is 481 g/mol. The second kappa shape index (κ2) is 9.62. The van der Waals surface area contributed by atoms with E-state index in [1.165, 1.54) is 18.2 Å². The summed E-state index contributed by atoms with van der Waals surface area (Å²) in [5.74, 6) is -0.559. The number of anilines is 1. The Morgan fingerprint density at radius 3 is 2.42 bits per heavy atom. The summed E-state index contributed by atoms with van der Waals surface area (Å²) in [6.07, 6.45) is -5.69. The molecule has 0 radical (unpaired) electrons. The van der Waals surface area contributed by atoms with Gasteiger partial charge in [-0.1, -0.05) is 42.0 Å². The Morgan fingerprint density at radius 2 is 1.81 bits per heavy atom. The van der Waals surface area contributed by atoms with Crippen molar-refractivity contribution in [2.75, 3.05) is 11.9 Å². The highest BCUT2D eigenvalue weighted by Gasteiger charge is 2.32. The summed E-state index contributed by atoms with van der Waals surface area (Å²) in [5, 5.41) is 12.6. The van der Waals surface area contributed by atoms with Crippen LogP contribution < -0.4 is 15.8 Å². The fraction of sp³-hybridized carbons (Fsp3) is 0.235. The number of hydrogen-bond donors (Lipinski definition) is 3. The number of aliphatic hydroxyl groups excluding tert-OH is 1. The van der Waals surface area contributed by atoms with E-state index in [9.17, 15) is 18.3 Å². The van der Waals surface area contributed by atoms with Gasteiger partial charge in [-0.3, -0.25) is 4.99 Å². The molecular weight excluding hydrogens is 462 g/mol. The van der Waals surface area contributed by atoms with Gasteiger partial charge in [-0.05, 0) is 24.6 Å². The normalized spacial score (nSPS) is 12.9. The van der Waals surface area contributed by atoms with E-state index in [1.54, 1.807) is 12.1 Å². The summed E-state index contributed by atoms with van der Waals surface area (Å²) >= 11 is 0. The van der Waals surface area contributed by atoms with Crippen molar-refractivity contribution in [2.24, 2.45) is 10.7 Å². The predicted octanol–water partition coefficient (Wildman–Crippen LogP) is 3.97. The Bertz CT molecular complexity index is 737. The zero-order chi connectivity index (χ0) is 18.4. The van der Waals surface area contributed by atoms with E-state index in [0.717, 1.165) is 11.6 Å². The van der Waals surface area contributed by atoms with Crippen molar-refractivity contribution in [2.45, 2.75) is 19.4 Å². The summed E-state index contributed by atoms with van der Waals surface area (Å²) in [7, 11) is 0. The van der Waals surface area contributed by atoms with Crippen LogP contribution >= 0.6 is 24.0 Å². The Labute approximate surface area is 166 Å². The summed E-state index contributed by atoms with van der Waals surface area (Å²) in [5.41, 5.74) is 7.43. The Kier molecular flexibility index (Phi) is 8.15. The monoisotopic (exact) mass is 481 g/mol. The van der Waals surface area contributed by atoms with Gasteiger partial charge in [-0.15, -0.1) is 37.1 Å². The molecule has 0 aliphatic heterocycles. The van der Waals surface area contributed by atoms with Gasteiger partial charge in [0, 0.05) is 0 Å². The number of rotatable bonds is 5. The van der Waals surface area contributed by atoms with E-state index in [-0.39, 0.29) is 42.2 Å². The second-order valence-corrected chi connectivity index (χ2v) is 5.32. The molecule has 26 heavy (non-hydrogen) atoms. The number of para-hydroxylation sites is 2. The molecule has 0 saturated carbocycles. The van der Waals surface area contributed by atoms with Gasteiger partial charge in [-0.25, -0.2) is 0 Å². The van der Waals surface area contributed by atoms with Crippen LogP contribution in [0.25, 0.3) is 0 Å². The molecule has 4 N–H and O–H groups in total. The molecule has 1 unspecified atom stereocenters. The van der Waals surface area contributed by atoms with Crippen molar-refractivity contribution in [1.82, 2.24) is 0 Å². The number of nitrogens with two attached hydrogens (primary N) is 1. The number of alkyl halides is 3. The minimum Gasteiger partial charge on any atom is -0.404 e. The number of nitrogens with one attached hydrogen (secondary N) is 1. The third-order valence-electron chi connectivity index (χ3n) is 3.27. The highest BCUT2D eigenvalue weighted by Crippen LogP contribution is 2.29. The number of guanidine groups is 1. The number of hydrogen-bond acceptors (Lipinski definition) is 3. The molecule has 2 aromatic rings. The molecule has 0 heterocycles. The quantitative estimate of drug-likeness (QED) is 0.343. The SMILES string of the molecule is Cc1ccc(C(O)CN=C(N)Nc2ccccc2OC(F)(F)F)cc1.I. The molecule has 0 saturated heterocycles. The number of ether oxygens (including phenoxy) is 1. The van der Waals surface area contributed by atoms with E-state index in [2.05, 4.69) is 15.0 Å². The molecule has 0 fully saturated rings. The van der Waals surface area contributed by atoms with Crippen molar-refractivity contribution in [3.8, 4) is 5.75 Å². The third kappa shape index (κ3) is 7.08. The summed E-state index contributed by atoms with van der Waals surface area (Å²) in [6, 6.07) is 12.7. The van der Waals surface area contributed by atoms with Crippen LogP contribution in [-0.4, -0.2) is 24.0 Å². The largest absolute Gasteiger partial charge is 0.573 e. The minimum absolute atomic E-state index is 0. The lowest BCUT2D eigenvalue weighted by Gasteiger charge is -2.14. The van der Waals surface area contributed by atoms with Crippen LogP contribution in [0.5, 0.6) is 5.75 Å². The molecule has 0 aromatic heterocycles. The van der Waals surface area contributed by atoms with Gasteiger partial charge in [0.25, 0.3) is 0 Å². The highest BCUT2D eigenvalue weighted by molar-refractivity contribution is 14.0. The summed E-state index contributed by atoms with van der Waals surface area (Å²) in [4.78, 5) is 3.95. The first-order valence-electron chi connectivity index (χ1n) is 7.41. The number of benzene rings is 2. The number of aryl methyl sites for hydroxylation is 1. The zero-order valence-electron chi connectivity index (χ0n) is 13.8. The fourth-order valence-electron chi connectivity index (χ4n) is 2.04. The lowest BCUT2D eigenvalue weighted by Crippen LogP contribution is -2.25. The smallest absolute Gasteiger partial charge is 0.404 e. The number of halogens is 4. The number of nitrogens with zero attached hydrogens (tertiary/aromatic N) is 1. The zero-order valence-corrected chi connectivity index (χ0v) is 16.2. The van der Waals surface area contributed by atoms with E-state index in [1.807, 2.05) is 19.1 Å². The molecule has 2 aromatic carbocycles. The molecule has 2 rings (SSSR count). The van der Waals surface area contributed by atoms with Crippen LogP contribution in [0, 0.1) is 6.92 Å². The van der Waals surface area contributed by atoms with Crippen LogP contribution in [0.3, 0.4) is 0 Å². The molecule has 5 nitrogen and oxygen atoms in total. The van der Waals surface area contributed by atoms with Gasteiger partial charge >= 0.3 is 6.36 Å². The molecule has 142 valence electrons. The van der Waals surface area contributed by atoms with Gasteiger partial charge in [0.2, 0.25) is 0 Å². The van der Waals surface area contributed by atoms with Crippen molar-refractivity contribution in [3.05, 3.63) is 59.7 Å². The molecule has 0 spiro atoms. The van der Waals surface area contributed by atoms with Crippen LogP contribution in [0.15, 0.2) is 53.5 Å². The maximum atomic E-state index is 12.4. The maximum Gasteiger partial charge on any atom is 0.573 e. The Balaban J connectivity index is 0.00000338. The number of aliphatic hydroxyl groups is 1. The lowest BCUT2D eigenvalue weighted by molar-refractivity contribution is -0.274. The van der Waals surface area contributed by atoms with E-state index in [4.69, 9.17) is 5.73 Å². The topological polar surface area (TPSA) is 79.9 Å². The van der Waals surface area contributed by atoms with Crippen LogP contribution in [-0.2, 0) is 0 Å². The van der Waals surface area contributed by atoms with E-state index < -0.39 is 18.2 Å². The molecule has 0 amide bonds. The maximum absolute atomic E-state index is 12.4. The van der Waals surface area contributed by atoms with Crippen LogP contribution in [0.2, 0.25) is 0 Å². The molecular formula is C17H19F3IN3O2. The van der Waals surface area contributed by atoms with Gasteiger partial charge in [0.1, 0.15) is 0 Å². The van der Waals surface area contributed by atoms with Gasteiger partial charge < -0.3 is 20.9 Å². The summed E-state index contributed by atoms with van der Waals surface area (Å²) < 4.78 is 41.1. The van der Waals surface area contributed by atoms with Crippen LogP contribution in [0.1, 0.15) is 17.2 Å². The standard InChI is InChI=1S/C17H18F3N3O2.HI/c1-11-6-8-12(9-7-11)14(24)10-22-16(21)23-13-4-2-3-5-15(13)25-17(18,19)20;/h2-9,14,24H,10H2,1H3,(H3,21,22,23);1H. The third-order valence-corrected chi connectivity index (χ3v) is 3.27. The van der Waals surface area contributed by atoms with Crippen molar-refractivity contribution in [1.29, 1.82) is 0 Å². The first-order chi connectivity index (χ1) is 11.7. The predicted molar refractivity (Wildman–Crippen MR) is 105 cm³/mol. The second-order valence-electron chi connectivity index (χ2n) is 5.32. The molecule has 9 heteroatoms. The first-order valence-corrected chi connectivity index (χ1v) is 7.41. The minimum atomic E-state index is -4.81. The fourth-order valence-corrected chi connectivity index (χ4v) is 2.04. The van der Waals surface area contributed by atoms with Gasteiger partial charge in [0.15, 0.2) is 11.7 Å². The van der Waals surface area contributed by atoms with Crippen LogP contribution in [0.4, 0.5) is 18.9 Å².